The van der Waals surface area contributed by atoms with E-state index in [1.165, 1.54) is 6.92 Å². The van der Waals surface area contributed by atoms with E-state index >= 15 is 0 Å². The molecule has 76 valence electrons. The number of benzene rings is 1. The predicted molar refractivity (Wildman–Crippen MR) is 47.3 cm³/mol. The van der Waals surface area contributed by atoms with Gasteiger partial charge >= 0.3 is 57.1 Å². The summed E-state index contributed by atoms with van der Waals surface area (Å²) in [6, 6.07) is 1.80. The van der Waals surface area contributed by atoms with Crippen molar-refractivity contribution in [3.63, 3.8) is 0 Å². The third-order valence-corrected chi connectivity index (χ3v) is 1.67. The maximum Gasteiger partial charge on any atom is 1.00 e. The Morgan fingerprint density at radius 3 is 2.20 bits per heavy atom. The quantitative estimate of drug-likeness (QED) is 0.389. The second kappa shape index (κ2) is 5.52. The summed E-state index contributed by atoms with van der Waals surface area (Å²) >= 11 is 0. The molecule has 0 unspecified atom stereocenters. The number of aromatic hydroxyl groups is 1. The van der Waals surface area contributed by atoms with Gasteiger partial charge in [0.15, 0.2) is 5.75 Å². The Hall–Kier alpha value is -0.544. The summed E-state index contributed by atoms with van der Waals surface area (Å²) < 4.78 is 0. The molecule has 0 saturated heterocycles. The second-order valence-corrected chi connectivity index (χ2v) is 2.64. The van der Waals surface area contributed by atoms with Crippen LogP contribution in [0, 0.1) is 27.2 Å². The van der Waals surface area contributed by atoms with Crippen LogP contribution in [0.3, 0.4) is 0 Å². The smallest absolute Gasteiger partial charge is 1.00 e. The Morgan fingerprint density at radius 1 is 1.27 bits per heavy atom. The summed E-state index contributed by atoms with van der Waals surface area (Å²) in [4.78, 5) is 19.1. The van der Waals surface area contributed by atoms with Crippen molar-refractivity contribution in [2.75, 3.05) is 0 Å². The Morgan fingerprint density at radius 2 is 1.80 bits per heavy atom. The van der Waals surface area contributed by atoms with Gasteiger partial charge in [0.25, 0.3) is 5.69 Å². The van der Waals surface area contributed by atoms with Gasteiger partial charge in [-0.2, -0.15) is 0 Å². The normalized spacial score (nSPS) is 9.13. The zero-order valence-corrected chi connectivity index (χ0v) is 11.3. The number of non-ortho nitro benzene ring substituents is 1. The first-order valence-electron chi connectivity index (χ1n) is 3.56. The van der Waals surface area contributed by atoms with E-state index in [-0.39, 0.29) is 58.4 Å². The maximum absolute atomic E-state index is 10.4. The molecule has 0 amide bonds. The Balaban J connectivity index is 0. The Labute approximate surface area is 128 Å². The van der Waals surface area contributed by atoms with Crippen LogP contribution in [-0.4, -0.2) is 15.0 Å². The number of nitro groups is 2. The molecule has 0 radical (unpaired) electrons. The van der Waals surface area contributed by atoms with Gasteiger partial charge in [0.2, 0.25) is 0 Å². The first-order valence-corrected chi connectivity index (χ1v) is 3.56. The first kappa shape index (κ1) is 14.5. The number of aryl methyl sites for hydroxylation is 1. The van der Waals surface area contributed by atoms with Crippen molar-refractivity contribution in [1.29, 1.82) is 0 Å². The average molecular weight is 238 g/mol. The molecular formula is C7H7KN2O5. The number of hydrogen-bond acceptors (Lipinski definition) is 5. The van der Waals surface area contributed by atoms with E-state index in [1.54, 1.807) is 0 Å². The minimum absolute atomic E-state index is 0. The molecule has 0 aliphatic rings. The van der Waals surface area contributed by atoms with Crippen molar-refractivity contribution in [2.24, 2.45) is 0 Å². The van der Waals surface area contributed by atoms with Gasteiger partial charge < -0.3 is 6.53 Å². The number of rotatable bonds is 2. The van der Waals surface area contributed by atoms with Crippen LogP contribution in [0.15, 0.2) is 12.1 Å². The summed E-state index contributed by atoms with van der Waals surface area (Å²) in [6.45, 7) is 1.36. The number of nitrogens with zero attached hydrogens (tertiary/aromatic N) is 2. The van der Waals surface area contributed by atoms with E-state index in [9.17, 15) is 25.3 Å². The molecule has 0 saturated carbocycles. The third kappa shape index (κ3) is 3.21. The van der Waals surface area contributed by atoms with Crippen molar-refractivity contribution in [3.8, 4) is 5.75 Å². The van der Waals surface area contributed by atoms with Gasteiger partial charge in [-0.05, 0) is 6.92 Å². The second-order valence-electron chi connectivity index (χ2n) is 2.64. The number of phenolic OH excluding ortho intramolecular Hbond substituents is 1. The molecule has 8 heteroatoms. The Kier molecular flexibility index (Phi) is 5.32. The van der Waals surface area contributed by atoms with Crippen LogP contribution >= 0.6 is 0 Å². The van der Waals surface area contributed by atoms with E-state index in [2.05, 4.69) is 0 Å². The van der Waals surface area contributed by atoms with E-state index in [0.29, 0.717) is 0 Å². The van der Waals surface area contributed by atoms with Crippen LogP contribution in [0.1, 0.15) is 6.99 Å². The van der Waals surface area contributed by atoms with Crippen molar-refractivity contribution >= 4 is 11.4 Å². The molecule has 0 spiro atoms. The van der Waals surface area contributed by atoms with Crippen LogP contribution in [0.2, 0.25) is 0 Å². The van der Waals surface area contributed by atoms with Gasteiger partial charge in [-0.15, -0.1) is 0 Å². The van der Waals surface area contributed by atoms with Crippen molar-refractivity contribution < 1.29 is 67.8 Å². The molecule has 0 heterocycles. The predicted octanol–water partition coefficient (Wildman–Crippen LogP) is -1.37. The summed E-state index contributed by atoms with van der Waals surface area (Å²) in [5, 5.41) is 29.9. The monoisotopic (exact) mass is 238 g/mol. The van der Waals surface area contributed by atoms with Gasteiger partial charge in [0, 0.05) is 11.6 Å². The number of hydrogen-bond donors (Lipinski definition) is 1. The summed E-state index contributed by atoms with van der Waals surface area (Å²) in [5.74, 6) is -0.541. The molecule has 0 aliphatic heterocycles. The molecule has 0 aliphatic carbocycles. The van der Waals surface area contributed by atoms with E-state index in [0.717, 1.165) is 12.1 Å². The van der Waals surface area contributed by atoms with Gasteiger partial charge in [0.05, 0.1) is 15.9 Å². The molecule has 15 heavy (non-hydrogen) atoms. The summed E-state index contributed by atoms with van der Waals surface area (Å²) in [7, 11) is 0. The molecule has 0 bridgehead atoms. The molecule has 1 N–H and O–H groups in total. The summed E-state index contributed by atoms with van der Waals surface area (Å²) in [5.41, 5.74) is -0.963. The molecule has 1 rings (SSSR count). The van der Waals surface area contributed by atoms with Gasteiger partial charge in [-0.1, -0.05) is 0 Å². The van der Waals surface area contributed by atoms with Crippen LogP contribution in [0.4, 0.5) is 11.4 Å². The summed E-state index contributed by atoms with van der Waals surface area (Å²) in [6.07, 6.45) is 0. The minimum Gasteiger partial charge on any atom is -1.00 e. The molecule has 7 nitrogen and oxygen atoms in total. The largest absolute Gasteiger partial charge is 1.00 e. The fourth-order valence-corrected chi connectivity index (χ4v) is 0.987. The van der Waals surface area contributed by atoms with Crippen molar-refractivity contribution in [1.82, 2.24) is 0 Å². The van der Waals surface area contributed by atoms with Crippen LogP contribution in [-0.2, 0) is 0 Å². The zero-order chi connectivity index (χ0) is 10.9. The van der Waals surface area contributed by atoms with Crippen LogP contribution in [0.25, 0.3) is 0 Å². The number of phenols is 1. The zero-order valence-electron chi connectivity index (χ0n) is 9.13. The van der Waals surface area contributed by atoms with Gasteiger partial charge in [-0.25, -0.2) is 0 Å². The standard InChI is InChI=1S/C7H6N2O5.K.H/c1-4-2-5(8(11)12)3-6(7(4)10)9(13)14;;/h2-3,10H,1H3;;/q;+1;-1. The number of nitro benzene ring substituents is 2. The van der Waals surface area contributed by atoms with Crippen molar-refractivity contribution in [2.45, 2.75) is 6.92 Å². The van der Waals surface area contributed by atoms with E-state index < -0.39 is 27.0 Å². The fourth-order valence-electron chi connectivity index (χ4n) is 0.987. The SMILES string of the molecule is Cc1cc([N+](=O)[O-])cc([N+](=O)[O-])c1O.[H-].[K+]. The topological polar surface area (TPSA) is 107 Å². The Bertz CT molecular complexity index is 425. The van der Waals surface area contributed by atoms with Crippen LogP contribution in [0.5, 0.6) is 5.75 Å². The molecule has 0 aromatic heterocycles. The third-order valence-electron chi connectivity index (χ3n) is 1.67. The van der Waals surface area contributed by atoms with E-state index in [1.807, 2.05) is 0 Å². The van der Waals surface area contributed by atoms with Gasteiger partial charge in [-0.3, -0.25) is 20.2 Å². The molecule has 0 atom stereocenters. The minimum atomic E-state index is -0.866. The first-order chi connectivity index (χ1) is 6.43. The molecular weight excluding hydrogens is 231 g/mol. The average Bonchev–Trinajstić information content (AvgIpc) is 2.08. The van der Waals surface area contributed by atoms with Crippen molar-refractivity contribution in [3.05, 3.63) is 37.9 Å². The van der Waals surface area contributed by atoms with E-state index in [4.69, 9.17) is 0 Å². The molecule has 0 fully saturated rings. The van der Waals surface area contributed by atoms with Gasteiger partial charge in [0.1, 0.15) is 0 Å². The molecule has 1 aromatic rings. The van der Waals surface area contributed by atoms with Crippen LogP contribution < -0.4 is 51.4 Å². The molecule has 1 aromatic carbocycles. The fraction of sp³-hybridized carbons (Fsp3) is 0.143. The maximum atomic E-state index is 10.4.